The van der Waals surface area contributed by atoms with Gasteiger partial charge in [-0.1, -0.05) is 17.7 Å². The van der Waals surface area contributed by atoms with E-state index in [1.807, 2.05) is 4.90 Å². The first-order valence-corrected chi connectivity index (χ1v) is 11.2. The monoisotopic (exact) mass is 441 g/mol. The van der Waals surface area contributed by atoms with Gasteiger partial charge in [0.2, 0.25) is 0 Å². The van der Waals surface area contributed by atoms with Crippen LogP contribution in [-0.2, 0) is 11.3 Å². The topological polar surface area (TPSA) is 36.5 Å². The molecule has 0 aromatic heterocycles. The Kier molecular flexibility index (Phi) is 7.09. The van der Waals surface area contributed by atoms with E-state index in [4.69, 9.17) is 28.6 Å². The number of nitrogens with one attached hydrogen (secondary N) is 2. The number of thiocarbonyl (C=S) groups is 1. The SMILES string of the molecule is CC1(C)CC(NC(=S)N(Cc2c(F)cccc2Cl)CC2CCCO2)CC(C)(C)N1. The minimum atomic E-state index is -0.304. The molecular weight excluding hydrogens is 409 g/mol. The van der Waals surface area contributed by atoms with Crippen molar-refractivity contribution in [3.8, 4) is 0 Å². The first-order chi connectivity index (χ1) is 13.5. The van der Waals surface area contributed by atoms with Gasteiger partial charge in [-0.05, 0) is 77.7 Å². The van der Waals surface area contributed by atoms with Crippen LogP contribution in [-0.4, -0.2) is 46.4 Å². The highest BCUT2D eigenvalue weighted by Gasteiger charge is 2.38. The Balaban J connectivity index is 1.75. The summed E-state index contributed by atoms with van der Waals surface area (Å²) in [6.07, 6.45) is 4.09. The molecule has 1 aromatic rings. The third kappa shape index (κ3) is 6.27. The van der Waals surface area contributed by atoms with E-state index in [0.29, 0.717) is 28.8 Å². The lowest BCUT2D eigenvalue weighted by atomic mass is 9.80. The van der Waals surface area contributed by atoms with Crippen LogP contribution in [0.15, 0.2) is 18.2 Å². The molecule has 3 rings (SSSR count). The van der Waals surface area contributed by atoms with Gasteiger partial charge >= 0.3 is 0 Å². The maximum absolute atomic E-state index is 14.4. The standard InChI is InChI=1S/C22H33ClFN3OS/c1-21(2)11-15(12-22(3,4)26-21)25-20(29)27(13-16-7-6-10-28-16)14-17-18(23)8-5-9-19(17)24/h5,8-9,15-16,26H,6-7,10-14H2,1-4H3,(H,25,29). The molecule has 7 heteroatoms. The molecular formula is C22H33ClFN3OS. The van der Waals surface area contributed by atoms with Crippen LogP contribution in [0, 0.1) is 5.82 Å². The number of rotatable bonds is 5. The molecule has 4 nitrogen and oxygen atoms in total. The van der Waals surface area contributed by atoms with E-state index in [1.165, 1.54) is 6.07 Å². The Morgan fingerprint density at radius 2 is 2.00 bits per heavy atom. The average Bonchev–Trinajstić information content (AvgIpc) is 3.07. The first kappa shape index (κ1) is 22.7. The summed E-state index contributed by atoms with van der Waals surface area (Å²) >= 11 is 12.1. The highest BCUT2D eigenvalue weighted by atomic mass is 35.5. The normalized spacial score (nSPS) is 23.7. The fraction of sp³-hybridized carbons (Fsp3) is 0.682. The number of hydrogen-bond acceptors (Lipinski definition) is 3. The van der Waals surface area contributed by atoms with E-state index in [2.05, 4.69) is 38.3 Å². The summed E-state index contributed by atoms with van der Waals surface area (Å²) in [6.45, 7) is 10.6. The predicted octanol–water partition coefficient (Wildman–Crippen LogP) is 4.64. The van der Waals surface area contributed by atoms with Crippen molar-refractivity contribution in [2.45, 2.75) is 83.1 Å². The Bertz CT molecular complexity index is 701. The molecule has 0 spiro atoms. The largest absolute Gasteiger partial charge is 0.376 e. The smallest absolute Gasteiger partial charge is 0.169 e. The number of piperidine rings is 1. The van der Waals surface area contributed by atoms with Crippen LogP contribution >= 0.6 is 23.8 Å². The molecule has 1 unspecified atom stereocenters. The van der Waals surface area contributed by atoms with E-state index >= 15 is 0 Å². The molecule has 2 fully saturated rings. The summed E-state index contributed by atoms with van der Waals surface area (Å²) < 4.78 is 20.3. The molecule has 2 saturated heterocycles. The molecule has 0 radical (unpaired) electrons. The zero-order valence-corrected chi connectivity index (χ0v) is 19.4. The third-order valence-electron chi connectivity index (χ3n) is 5.66. The highest BCUT2D eigenvalue weighted by molar-refractivity contribution is 7.80. The van der Waals surface area contributed by atoms with Crippen LogP contribution in [0.4, 0.5) is 4.39 Å². The van der Waals surface area contributed by atoms with Gasteiger partial charge in [0, 0.05) is 47.4 Å². The zero-order valence-electron chi connectivity index (χ0n) is 17.9. The van der Waals surface area contributed by atoms with Gasteiger partial charge in [0.05, 0.1) is 6.10 Å². The number of ether oxygens (including phenoxy) is 1. The third-order valence-corrected chi connectivity index (χ3v) is 6.39. The Morgan fingerprint density at radius 1 is 1.31 bits per heavy atom. The molecule has 0 saturated carbocycles. The van der Waals surface area contributed by atoms with Crippen molar-refractivity contribution >= 4 is 28.9 Å². The van der Waals surface area contributed by atoms with Crippen LogP contribution in [0.5, 0.6) is 0 Å². The molecule has 2 heterocycles. The van der Waals surface area contributed by atoms with Gasteiger partial charge in [-0.2, -0.15) is 0 Å². The van der Waals surface area contributed by atoms with Crippen molar-refractivity contribution in [2.75, 3.05) is 13.2 Å². The summed E-state index contributed by atoms with van der Waals surface area (Å²) in [6, 6.07) is 5.04. The lowest BCUT2D eigenvalue weighted by molar-refractivity contribution is 0.0884. The summed E-state index contributed by atoms with van der Waals surface area (Å²) in [5.41, 5.74) is 0.509. The summed E-state index contributed by atoms with van der Waals surface area (Å²) in [5, 5.41) is 8.32. The summed E-state index contributed by atoms with van der Waals surface area (Å²) in [7, 11) is 0. The van der Waals surface area contributed by atoms with Crippen LogP contribution < -0.4 is 10.6 Å². The second kappa shape index (κ2) is 9.04. The zero-order chi connectivity index (χ0) is 21.2. The first-order valence-electron chi connectivity index (χ1n) is 10.4. The summed E-state index contributed by atoms with van der Waals surface area (Å²) in [5.74, 6) is -0.304. The minimum absolute atomic E-state index is 0.0171. The van der Waals surface area contributed by atoms with Gasteiger partial charge in [-0.15, -0.1) is 0 Å². The van der Waals surface area contributed by atoms with E-state index in [0.717, 1.165) is 32.3 Å². The molecule has 2 N–H and O–H groups in total. The predicted molar refractivity (Wildman–Crippen MR) is 121 cm³/mol. The number of halogens is 2. The van der Waals surface area contributed by atoms with Crippen molar-refractivity contribution in [1.29, 1.82) is 0 Å². The summed E-state index contributed by atoms with van der Waals surface area (Å²) in [4.78, 5) is 2.01. The molecule has 0 bridgehead atoms. The van der Waals surface area contributed by atoms with Crippen molar-refractivity contribution in [3.05, 3.63) is 34.6 Å². The fourth-order valence-electron chi connectivity index (χ4n) is 4.82. The molecule has 2 aliphatic heterocycles. The number of nitrogens with zero attached hydrogens (tertiary/aromatic N) is 1. The molecule has 0 amide bonds. The second-order valence-electron chi connectivity index (χ2n) is 9.66. The van der Waals surface area contributed by atoms with Crippen molar-refractivity contribution in [1.82, 2.24) is 15.5 Å². The van der Waals surface area contributed by atoms with E-state index < -0.39 is 0 Å². The number of hydrogen-bond donors (Lipinski definition) is 2. The van der Waals surface area contributed by atoms with Crippen molar-refractivity contribution in [3.63, 3.8) is 0 Å². The van der Waals surface area contributed by atoms with Crippen molar-refractivity contribution in [2.24, 2.45) is 0 Å². The van der Waals surface area contributed by atoms with Crippen LogP contribution in [0.3, 0.4) is 0 Å². The van der Waals surface area contributed by atoms with E-state index in [9.17, 15) is 4.39 Å². The van der Waals surface area contributed by atoms with E-state index in [-0.39, 0.29) is 29.0 Å². The van der Waals surface area contributed by atoms with Crippen LogP contribution in [0.25, 0.3) is 0 Å². The molecule has 162 valence electrons. The van der Waals surface area contributed by atoms with Crippen molar-refractivity contribution < 1.29 is 9.13 Å². The van der Waals surface area contributed by atoms with Gasteiger partial charge in [0.25, 0.3) is 0 Å². The lowest BCUT2D eigenvalue weighted by Crippen LogP contribution is -2.63. The molecule has 1 atom stereocenters. The lowest BCUT2D eigenvalue weighted by Gasteiger charge is -2.47. The maximum Gasteiger partial charge on any atom is 0.169 e. The quantitative estimate of drug-likeness (QED) is 0.651. The van der Waals surface area contributed by atoms with Crippen LogP contribution in [0.1, 0.15) is 58.9 Å². The average molecular weight is 442 g/mol. The van der Waals surface area contributed by atoms with E-state index in [1.54, 1.807) is 12.1 Å². The second-order valence-corrected chi connectivity index (χ2v) is 10.5. The molecule has 0 aliphatic carbocycles. The fourth-order valence-corrected chi connectivity index (χ4v) is 5.35. The van der Waals surface area contributed by atoms with Gasteiger partial charge in [0.1, 0.15) is 5.82 Å². The minimum Gasteiger partial charge on any atom is -0.376 e. The molecule has 2 aliphatic rings. The van der Waals surface area contributed by atoms with Crippen LogP contribution in [0.2, 0.25) is 5.02 Å². The van der Waals surface area contributed by atoms with Gasteiger partial charge in [0.15, 0.2) is 5.11 Å². The maximum atomic E-state index is 14.4. The molecule has 1 aromatic carbocycles. The number of benzene rings is 1. The Morgan fingerprint density at radius 3 is 2.59 bits per heavy atom. The highest BCUT2D eigenvalue weighted by Crippen LogP contribution is 2.29. The molecule has 29 heavy (non-hydrogen) atoms. The van der Waals surface area contributed by atoms with Gasteiger partial charge in [-0.25, -0.2) is 4.39 Å². The van der Waals surface area contributed by atoms with Gasteiger partial charge in [-0.3, -0.25) is 0 Å². The van der Waals surface area contributed by atoms with Gasteiger partial charge < -0.3 is 20.3 Å². The Hall–Kier alpha value is -0.950. The Labute approximate surface area is 184 Å².